The van der Waals surface area contributed by atoms with Crippen LogP contribution in [0.2, 0.25) is 0 Å². The van der Waals surface area contributed by atoms with Crippen LogP contribution >= 0.6 is 0 Å². The Bertz CT molecular complexity index is 386. The van der Waals surface area contributed by atoms with Crippen LogP contribution in [0, 0.1) is 6.92 Å². The molecule has 1 aliphatic heterocycles. The van der Waals surface area contributed by atoms with Crippen LogP contribution in [0.4, 0.5) is 5.69 Å². The third-order valence-electron chi connectivity index (χ3n) is 3.81. The number of hydrogen-bond donors (Lipinski definition) is 1. The summed E-state index contributed by atoms with van der Waals surface area (Å²) in [5, 5.41) is 0. The quantitative estimate of drug-likeness (QED) is 0.814. The summed E-state index contributed by atoms with van der Waals surface area (Å²) < 4.78 is 5.71. The van der Waals surface area contributed by atoms with Crippen molar-refractivity contribution in [2.24, 2.45) is 0 Å². The third kappa shape index (κ3) is 3.24. The minimum atomic E-state index is 0.423. The van der Waals surface area contributed by atoms with E-state index in [4.69, 9.17) is 10.5 Å². The molecule has 2 N–H and O–H groups in total. The molecule has 0 aliphatic carbocycles. The summed E-state index contributed by atoms with van der Waals surface area (Å²) in [6, 6.07) is 6.18. The zero-order valence-electron chi connectivity index (χ0n) is 11.5. The van der Waals surface area contributed by atoms with E-state index in [1.54, 1.807) is 0 Å². The topological polar surface area (TPSA) is 38.5 Å². The molecule has 1 fully saturated rings. The van der Waals surface area contributed by atoms with Gasteiger partial charge >= 0.3 is 0 Å². The molecular formula is C15H24N2O. The van der Waals surface area contributed by atoms with E-state index in [1.807, 2.05) is 12.1 Å². The maximum absolute atomic E-state index is 5.96. The highest BCUT2D eigenvalue weighted by atomic mass is 16.5. The highest BCUT2D eigenvalue weighted by Gasteiger charge is 2.18. The SMILES string of the molecule is CCN(Cc1cccc(N)c1C)CC1CCCO1. The van der Waals surface area contributed by atoms with Crippen molar-refractivity contribution < 1.29 is 4.74 Å². The first kappa shape index (κ1) is 13.4. The van der Waals surface area contributed by atoms with Crippen LogP contribution in [0.3, 0.4) is 0 Å². The molecule has 2 rings (SSSR count). The van der Waals surface area contributed by atoms with Crippen LogP contribution in [-0.2, 0) is 11.3 Å². The monoisotopic (exact) mass is 248 g/mol. The average Bonchev–Trinajstić information content (AvgIpc) is 2.86. The number of benzene rings is 1. The smallest absolute Gasteiger partial charge is 0.0702 e. The minimum absolute atomic E-state index is 0.423. The summed E-state index contributed by atoms with van der Waals surface area (Å²) in [6.45, 7) is 8.28. The number of nitrogen functional groups attached to an aromatic ring is 1. The fourth-order valence-corrected chi connectivity index (χ4v) is 2.50. The fourth-order valence-electron chi connectivity index (χ4n) is 2.50. The van der Waals surface area contributed by atoms with Gasteiger partial charge in [-0.3, -0.25) is 4.90 Å². The van der Waals surface area contributed by atoms with E-state index in [1.165, 1.54) is 24.0 Å². The molecule has 0 saturated carbocycles. The van der Waals surface area contributed by atoms with E-state index < -0.39 is 0 Å². The van der Waals surface area contributed by atoms with Crippen molar-refractivity contribution in [2.45, 2.75) is 39.3 Å². The number of nitrogens with two attached hydrogens (primary N) is 1. The lowest BCUT2D eigenvalue weighted by atomic mass is 10.1. The fraction of sp³-hybridized carbons (Fsp3) is 0.600. The Labute approximate surface area is 110 Å². The second-order valence-corrected chi connectivity index (χ2v) is 5.09. The van der Waals surface area contributed by atoms with E-state index in [-0.39, 0.29) is 0 Å². The number of ether oxygens (including phenoxy) is 1. The van der Waals surface area contributed by atoms with Crippen molar-refractivity contribution >= 4 is 5.69 Å². The molecule has 0 aromatic heterocycles. The van der Waals surface area contributed by atoms with E-state index in [0.717, 1.165) is 31.9 Å². The number of likely N-dealkylation sites (N-methyl/N-ethyl adjacent to an activating group) is 1. The van der Waals surface area contributed by atoms with Gasteiger partial charge in [0.05, 0.1) is 6.10 Å². The number of rotatable bonds is 5. The molecule has 1 aliphatic rings. The van der Waals surface area contributed by atoms with Gasteiger partial charge in [0.1, 0.15) is 0 Å². The van der Waals surface area contributed by atoms with Crippen LogP contribution < -0.4 is 5.73 Å². The molecule has 3 nitrogen and oxygen atoms in total. The third-order valence-corrected chi connectivity index (χ3v) is 3.81. The molecular weight excluding hydrogens is 224 g/mol. The first-order valence-electron chi connectivity index (χ1n) is 6.88. The van der Waals surface area contributed by atoms with E-state index >= 15 is 0 Å². The predicted molar refractivity (Wildman–Crippen MR) is 75.5 cm³/mol. The van der Waals surface area contributed by atoms with Gasteiger partial charge in [0.2, 0.25) is 0 Å². The molecule has 1 saturated heterocycles. The summed E-state index contributed by atoms with van der Waals surface area (Å²) in [5.41, 5.74) is 9.39. The Kier molecular flexibility index (Phi) is 4.61. The normalized spacial score (nSPS) is 19.6. The Morgan fingerprint density at radius 1 is 1.44 bits per heavy atom. The lowest BCUT2D eigenvalue weighted by Crippen LogP contribution is -2.31. The van der Waals surface area contributed by atoms with E-state index in [9.17, 15) is 0 Å². The van der Waals surface area contributed by atoms with Gasteiger partial charge in [-0.1, -0.05) is 19.1 Å². The molecule has 3 heteroatoms. The highest BCUT2D eigenvalue weighted by Crippen LogP contribution is 2.19. The van der Waals surface area contributed by atoms with Gasteiger partial charge in [0.25, 0.3) is 0 Å². The summed E-state index contributed by atoms with van der Waals surface area (Å²) in [7, 11) is 0. The summed E-state index contributed by atoms with van der Waals surface area (Å²) in [6.07, 6.45) is 2.83. The van der Waals surface area contributed by atoms with Crippen LogP contribution in [0.25, 0.3) is 0 Å². The van der Waals surface area contributed by atoms with Crippen LogP contribution in [0.1, 0.15) is 30.9 Å². The maximum atomic E-state index is 5.96. The first-order chi connectivity index (χ1) is 8.70. The zero-order valence-corrected chi connectivity index (χ0v) is 11.5. The Morgan fingerprint density at radius 3 is 2.94 bits per heavy atom. The largest absolute Gasteiger partial charge is 0.399 e. The molecule has 1 heterocycles. The molecule has 0 spiro atoms. The van der Waals surface area contributed by atoms with Crippen molar-refractivity contribution in [3.63, 3.8) is 0 Å². The zero-order chi connectivity index (χ0) is 13.0. The highest BCUT2D eigenvalue weighted by molar-refractivity contribution is 5.49. The van der Waals surface area contributed by atoms with Gasteiger partial charge in [-0.05, 0) is 43.5 Å². The second kappa shape index (κ2) is 6.21. The molecule has 1 atom stereocenters. The maximum Gasteiger partial charge on any atom is 0.0702 e. The van der Waals surface area contributed by atoms with Crippen LogP contribution in [0.5, 0.6) is 0 Å². The molecule has 0 amide bonds. The molecule has 18 heavy (non-hydrogen) atoms. The number of hydrogen-bond acceptors (Lipinski definition) is 3. The Hall–Kier alpha value is -1.06. The number of anilines is 1. The molecule has 0 bridgehead atoms. The van der Waals surface area contributed by atoms with Crippen molar-refractivity contribution in [3.8, 4) is 0 Å². The lowest BCUT2D eigenvalue weighted by molar-refractivity contribution is 0.0724. The summed E-state index contributed by atoms with van der Waals surface area (Å²) in [5.74, 6) is 0. The van der Waals surface area contributed by atoms with Crippen molar-refractivity contribution in [3.05, 3.63) is 29.3 Å². The van der Waals surface area contributed by atoms with Gasteiger partial charge in [-0.25, -0.2) is 0 Å². The summed E-state index contributed by atoms with van der Waals surface area (Å²) in [4.78, 5) is 2.44. The van der Waals surface area contributed by atoms with Crippen molar-refractivity contribution in [1.29, 1.82) is 0 Å². The predicted octanol–water partition coefficient (Wildman–Crippen LogP) is 2.58. The van der Waals surface area contributed by atoms with Gasteiger partial charge < -0.3 is 10.5 Å². The van der Waals surface area contributed by atoms with Gasteiger partial charge in [0, 0.05) is 25.4 Å². The van der Waals surface area contributed by atoms with Crippen LogP contribution in [0.15, 0.2) is 18.2 Å². The molecule has 0 radical (unpaired) electrons. The standard InChI is InChI=1S/C15H24N2O/c1-3-17(11-14-7-5-9-18-14)10-13-6-4-8-15(16)12(13)2/h4,6,8,14H,3,5,7,9-11,16H2,1-2H3. The first-order valence-corrected chi connectivity index (χ1v) is 6.88. The molecule has 1 aromatic rings. The van der Waals surface area contributed by atoms with Gasteiger partial charge in [0.15, 0.2) is 0 Å². The van der Waals surface area contributed by atoms with Gasteiger partial charge in [-0.2, -0.15) is 0 Å². The molecule has 1 aromatic carbocycles. The van der Waals surface area contributed by atoms with Crippen molar-refractivity contribution in [1.82, 2.24) is 4.90 Å². The van der Waals surface area contributed by atoms with Gasteiger partial charge in [-0.15, -0.1) is 0 Å². The summed E-state index contributed by atoms with van der Waals surface area (Å²) >= 11 is 0. The average molecular weight is 248 g/mol. The van der Waals surface area contributed by atoms with E-state index in [0.29, 0.717) is 6.10 Å². The van der Waals surface area contributed by atoms with E-state index in [2.05, 4.69) is 24.8 Å². The minimum Gasteiger partial charge on any atom is -0.399 e. The lowest BCUT2D eigenvalue weighted by Gasteiger charge is -2.24. The molecule has 1 unspecified atom stereocenters. The van der Waals surface area contributed by atoms with Crippen LogP contribution in [-0.4, -0.2) is 30.7 Å². The molecule has 100 valence electrons. The Morgan fingerprint density at radius 2 is 2.28 bits per heavy atom. The Balaban J connectivity index is 1.98. The second-order valence-electron chi connectivity index (χ2n) is 5.09. The number of nitrogens with zero attached hydrogens (tertiary/aromatic N) is 1. The van der Waals surface area contributed by atoms with Crippen molar-refractivity contribution in [2.75, 3.05) is 25.4 Å².